The summed E-state index contributed by atoms with van der Waals surface area (Å²) in [5, 5.41) is 21.4. The number of halogens is 1. The van der Waals surface area contributed by atoms with E-state index in [1.54, 1.807) is 12.1 Å². The number of ether oxygens (including phenoxy) is 1. The minimum Gasteiger partial charge on any atom is -0.387 e. The van der Waals surface area contributed by atoms with E-state index >= 15 is 4.39 Å². The van der Waals surface area contributed by atoms with Crippen LogP contribution >= 0.6 is 23.2 Å². The van der Waals surface area contributed by atoms with Crippen LogP contribution < -0.4 is 15.9 Å². The largest absolute Gasteiger partial charge is 0.481 e. The average molecular weight is 645 g/mol. The van der Waals surface area contributed by atoms with Crippen LogP contribution in [0.4, 0.5) is 10.3 Å². The van der Waals surface area contributed by atoms with Crippen molar-refractivity contribution in [3.05, 3.63) is 76.2 Å². The van der Waals surface area contributed by atoms with E-state index in [4.69, 9.17) is 20.3 Å². The molecule has 0 spiro atoms. The molecule has 0 aliphatic carbocycles. The molecular formula is C23H25FN4O11P3+. The molecule has 1 aliphatic rings. The van der Waals surface area contributed by atoms with E-state index in [9.17, 15) is 29.0 Å². The van der Waals surface area contributed by atoms with E-state index < -0.39 is 65.7 Å². The van der Waals surface area contributed by atoms with Crippen molar-refractivity contribution in [3.8, 4) is 11.1 Å². The predicted octanol–water partition coefficient (Wildman–Crippen LogP) is 1.48. The zero-order valence-corrected chi connectivity index (χ0v) is 24.0. The molecule has 2 aromatic heterocycles. The second-order valence-electron chi connectivity index (χ2n) is 9.33. The maximum absolute atomic E-state index is 15.2. The molecule has 1 fully saturated rings. The first-order chi connectivity index (χ1) is 19.7. The first kappa shape index (κ1) is 30.6. The fourth-order valence-corrected chi connectivity index (χ4v) is 8.43. The molecule has 1 aliphatic heterocycles. The van der Waals surface area contributed by atoms with E-state index in [0.717, 1.165) is 5.56 Å². The lowest BCUT2D eigenvalue weighted by molar-refractivity contribution is -0.741. The van der Waals surface area contributed by atoms with E-state index in [-0.39, 0.29) is 22.9 Å². The summed E-state index contributed by atoms with van der Waals surface area (Å²) in [5.74, 6) is 0.767. The van der Waals surface area contributed by atoms with Gasteiger partial charge in [-0.15, -0.1) is 0 Å². The third-order valence-corrected chi connectivity index (χ3v) is 10.8. The van der Waals surface area contributed by atoms with Crippen molar-refractivity contribution < 1.29 is 56.6 Å². The number of hydrogen-bond acceptors (Lipinski definition) is 10. The highest BCUT2D eigenvalue weighted by molar-refractivity contribution is 7.60. The van der Waals surface area contributed by atoms with Crippen LogP contribution in [0.15, 0.2) is 59.3 Å². The number of aliphatic hydroxyl groups is 2. The van der Waals surface area contributed by atoms with Crippen LogP contribution in [0.2, 0.25) is 0 Å². The standard InChI is InChI=1S/C23H24FN4O11P3/c24-15-8-13(12-4-2-1-3-5-12)6-7-14(15)10-40-11-28(20-19(40)21(31)27-23(25)26-20)22-18(30)17(29)16(38-22)9-37-42(35,36)39-41(32,33)34/h1-8,11,16-18,22,29-30H,9-10H2,(H5-,25,26,27,31,32,33,34,35,36)/p+1/t16-,17-,18-,22-,40?/m1/s1. The topological polar surface area (TPSA) is 239 Å². The van der Waals surface area contributed by atoms with Crippen molar-refractivity contribution in [2.75, 3.05) is 12.3 Å². The Balaban J connectivity index is 1.45. The number of aliphatic hydroxyl groups excluding tert-OH is 2. The van der Waals surface area contributed by atoms with Gasteiger partial charge in [-0.25, -0.2) is 13.5 Å². The summed E-state index contributed by atoms with van der Waals surface area (Å²) >= 11 is 0. The molecule has 6 atom stereocenters. The van der Waals surface area contributed by atoms with Gasteiger partial charge in [0.2, 0.25) is 6.23 Å². The number of nitrogens with zero attached hydrogens (tertiary/aromatic N) is 2. The fraction of sp³-hybridized carbons (Fsp3) is 0.261. The summed E-state index contributed by atoms with van der Waals surface area (Å²) < 4.78 is 53.1. The van der Waals surface area contributed by atoms with E-state index in [0.29, 0.717) is 11.1 Å². The predicted molar refractivity (Wildman–Crippen MR) is 145 cm³/mol. The number of anilines is 1. The molecule has 8 N–H and O–H groups in total. The molecule has 0 amide bonds. The molecule has 1 saturated heterocycles. The number of nitrogens with one attached hydrogen (secondary N) is 1. The molecule has 42 heavy (non-hydrogen) atoms. The van der Waals surface area contributed by atoms with Gasteiger partial charge in [-0.2, -0.15) is 8.88 Å². The van der Waals surface area contributed by atoms with Crippen LogP contribution in [0, 0.1) is 5.82 Å². The Morgan fingerprint density at radius 2 is 1.81 bits per heavy atom. The molecule has 0 radical (unpaired) electrons. The molecule has 0 saturated carbocycles. The van der Waals surface area contributed by atoms with Gasteiger partial charge in [0.05, 0.1) is 6.61 Å². The fourth-order valence-electron chi connectivity index (χ4n) is 4.57. The quantitative estimate of drug-likeness (QED) is 0.101. The highest BCUT2D eigenvalue weighted by atomic mass is 31.3. The zero-order valence-electron chi connectivity index (χ0n) is 21.3. The van der Waals surface area contributed by atoms with Crippen LogP contribution in [0.25, 0.3) is 21.9 Å². The summed E-state index contributed by atoms with van der Waals surface area (Å²) in [7, 11) is -12.2. The number of rotatable bonds is 9. The summed E-state index contributed by atoms with van der Waals surface area (Å²) in [4.78, 5) is 46.5. The van der Waals surface area contributed by atoms with Gasteiger partial charge in [-0.3, -0.25) is 14.3 Å². The van der Waals surface area contributed by atoms with E-state index in [1.807, 2.05) is 30.3 Å². The van der Waals surface area contributed by atoms with Crippen LogP contribution in [0.3, 0.4) is 0 Å². The molecule has 15 nitrogen and oxygen atoms in total. The SMILES string of the molecule is Nc1nc2c(c(=O)[nH]1)p(Cc1ccc(-c3ccccc3)cc1F)c[n+]2[C@@H]1O[C@H](COP(=O)(O)OP(=O)(O)O)[C@@H](O)[C@H]1O. The van der Waals surface area contributed by atoms with Gasteiger partial charge < -0.3 is 35.4 Å². The minimum atomic E-state index is -5.39. The maximum Gasteiger partial charge on any atom is 0.481 e. The normalized spacial score (nSPS) is 22.9. The Kier molecular flexibility index (Phi) is 8.52. The van der Waals surface area contributed by atoms with Crippen molar-refractivity contribution in [3.63, 3.8) is 0 Å². The van der Waals surface area contributed by atoms with Gasteiger partial charge in [0, 0.05) is 6.16 Å². The van der Waals surface area contributed by atoms with Crippen LogP contribution in [-0.2, 0) is 28.9 Å². The highest BCUT2D eigenvalue weighted by Gasteiger charge is 2.49. The summed E-state index contributed by atoms with van der Waals surface area (Å²) in [6.07, 6.45) is -6.20. The second-order valence-corrected chi connectivity index (χ2v) is 14.1. The van der Waals surface area contributed by atoms with Gasteiger partial charge in [0.15, 0.2) is 5.12 Å². The number of fused-ring (bicyclic) bond motifs is 1. The monoisotopic (exact) mass is 645 g/mol. The third-order valence-electron chi connectivity index (χ3n) is 6.41. The highest BCUT2D eigenvalue weighted by Crippen LogP contribution is 2.57. The lowest BCUT2D eigenvalue weighted by Gasteiger charge is -2.17. The first-order valence-electron chi connectivity index (χ1n) is 12.1. The lowest BCUT2D eigenvalue weighted by atomic mass is 10.0. The van der Waals surface area contributed by atoms with Gasteiger partial charge in [0.1, 0.15) is 30.1 Å². The Labute approximate surface area is 236 Å². The van der Waals surface area contributed by atoms with Gasteiger partial charge in [-0.05, 0) is 27.7 Å². The van der Waals surface area contributed by atoms with Gasteiger partial charge >= 0.3 is 27.2 Å². The van der Waals surface area contributed by atoms with Crippen molar-refractivity contribution >= 4 is 39.9 Å². The van der Waals surface area contributed by atoms with E-state index in [1.165, 1.54) is 16.6 Å². The molecule has 19 heteroatoms. The Morgan fingerprint density at radius 3 is 2.48 bits per heavy atom. The number of aromatic amines is 1. The van der Waals surface area contributed by atoms with Crippen LogP contribution in [0.5, 0.6) is 0 Å². The van der Waals surface area contributed by atoms with Crippen molar-refractivity contribution in [2.45, 2.75) is 30.7 Å². The number of H-pyrrole nitrogens is 1. The van der Waals surface area contributed by atoms with Gasteiger partial charge in [-0.1, -0.05) is 50.0 Å². The Morgan fingerprint density at radius 1 is 1.10 bits per heavy atom. The summed E-state index contributed by atoms with van der Waals surface area (Å²) in [5.41, 5.74) is 6.96. The van der Waals surface area contributed by atoms with Gasteiger partial charge in [0.25, 0.3) is 5.56 Å². The molecule has 3 heterocycles. The number of nitrogen functional groups attached to an aromatic ring is 1. The van der Waals surface area contributed by atoms with Crippen LogP contribution in [0.1, 0.15) is 11.8 Å². The number of phosphoric ester groups is 1. The van der Waals surface area contributed by atoms with Crippen molar-refractivity contribution in [1.82, 2.24) is 9.97 Å². The molecule has 5 rings (SSSR count). The molecule has 4 aromatic rings. The average Bonchev–Trinajstić information content (AvgIpc) is 3.39. The Hall–Kier alpha value is -2.84. The summed E-state index contributed by atoms with van der Waals surface area (Å²) in [6, 6.07) is 14.0. The number of nitrogens with two attached hydrogens (primary N) is 1. The molecule has 0 bridgehead atoms. The Bertz CT molecular complexity index is 1780. The smallest absolute Gasteiger partial charge is 0.387 e. The minimum absolute atomic E-state index is 0.000781. The number of benzene rings is 2. The summed E-state index contributed by atoms with van der Waals surface area (Å²) in [6.45, 7) is -0.915. The maximum atomic E-state index is 15.2. The molecule has 2 unspecified atom stereocenters. The molecule has 224 valence electrons. The number of aromatic nitrogens is 3. The van der Waals surface area contributed by atoms with Crippen LogP contribution in [-0.4, -0.2) is 59.8 Å². The van der Waals surface area contributed by atoms with Crippen molar-refractivity contribution in [1.29, 1.82) is 0 Å². The van der Waals surface area contributed by atoms with Crippen molar-refractivity contribution in [2.24, 2.45) is 0 Å². The second kappa shape index (κ2) is 11.7. The molecule has 2 aromatic carbocycles. The first-order valence-corrected chi connectivity index (χ1v) is 16.7. The third kappa shape index (κ3) is 6.55. The number of hydrogen-bond donors (Lipinski definition) is 7. The zero-order chi connectivity index (χ0) is 30.4. The van der Waals surface area contributed by atoms with E-state index in [2.05, 4.69) is 18.8 Å². The molecular weight excluding hydrogens is 620 g/mol. The lowest BCUT2D eigenvalue weighted by Crippen LogP contribution is -2.45. The number of phosphoric acid groups is 2.